The number of carbonyl (C=O) groups is 1. The maximum atomic E-state index is 12.0. The van der Waals surface area contributed by atoms with Crippen molar-refractivity contribution in [3.63, 3.8) is 0 Å². The van der Waals surface area contributed by atoms with Crippen molar-refractivity contribution in [2.24, 2.45) is 0 Å². The van der Waals surface area contributed by atoms with Gasteiger partial charge in [-0.05, 0) is 34.6 Å². The number of rotatable bonds is 2. The molecule has 1 saturated heterocycles. The Morgan fingerprint density at radius 3 is 2.32 bits per heavy atom. The summed E-state index contributed by atoms with van der Waals surface area (Å²) in [5, 5.41) is 0. The molecule has 0 bridgehead atoms. The minimum absolute atomic E-state index is 0.0332. The van der Waals surface area contributed by atoms with Crippen LogP contribution in [0.15, 0.2) is 0 Å². The van der Waals surface area contributed by atoms with Crippen molar-refractivity contribution in [3.8, 4) is 0 Å². The summed E-state index contributed by atoms with van der Waals surface area (Å²) in [7, 11) is -2.73. The van der Waals surface area contributed by atoms with Crippen molar-refractivity contribution in [2.75, 3.05) is 13.7 Å². The molecule has 0 aliphatic carbocycles. The Kier molecular flexibility index (Phi) is 4.19. The Morgan fingerprint density at radius 1 is 1.37 bits per heavy atom. The highest BCUT2D eigenvalue weighted by molar-refractivity contribution is 7.85. The van der Waals surface area contributed by atoms with Crippen molar-refractivity contribution in [1.29, 1.82) is 0 Å². The van der Waals surface area contributed by atoms with E-state index in [-0.39, 0.29) is 6.61 Å². The van der Waals surface area contributed by atoms with E-state index in [1.54, 1.807) is 34.6 Å². The first kappa shape index (κ1) is 16.2. The fourth-order valence-corrected chi connectivity index (χ4v) is 3.34. The molecule has 1 atom stereocenters. The van der Waals surface area contributed by atoms with Gasteiger partial charge in [-0.2, -0.15) is 12.7 Å². The summed E-state index contributed by atoms with van der Waals surface area (Å²) in [6.07, 6.45) is -0.958. The lowest BCUT2D eigenvalue weighted by Crippen LogP contribution is -2.49. The normalized spacial score (nSPS) is 25.4. The standard InChI is InChI=1S/C11H21NO6S/c1-10(2,3)17-9(13)12-8(7-16-6)11(4,5)18-19(12,14)15/h8H,7H2,1-6H3/t8-/m0/s1. The van der Waals surface area contributed by atoms with Gasteiger partial charge >= 0.3 is 16.4 Å². The zero-order chi connectivity index (χ0) is 15.1. The van der Waals surface area contributed by atoms with Crippen LogP contribution in [0, 0.1) is 0 Å². The van der Waals surface area contributed by atoms with E-state index in [2.05, 4.69) is 0 Å². The molecule has 0 aromatic carbocycles. The zero-order valence-electron chi connectivity index (χ0n) is 12.1. The van der Waals surface area contributed by atoms with Crippen LogP contribution in [0.25, 0.3) is 0 Å². The zero-order valence-corrected chi connectivity index (χ0v) is 12.9. The number of methoxy groups -OCH3 is 1. The average molecular weight is 295 g/mol. The maximum absolute atomic E-state index is 12.0. The van der Waals surface area contributed by atoms with Crippen LogP contribution >= 0.6 is 0 Å². The van der Waals surface area contributed by atoms with Crippen LogP contribution in [0.5, 0.6) is 0 Å². The Balaban J connectivity index is 3.10. The molecule has 7 nitrogen and oxygen atoms in total. The lowest BCUT2D eigenvalue weighted by Gasteiger charge is -2.28. The molecule has 8 heteroatoms. The van der Waals surface area contributed by atoms with E-state index >= 15 is 0 Å². The molecule has 0 saturated carbocycles. The highest BCUT2D eigenvalue weighted by atomic mass is 32.2. The monoisotopic (exact) mass is 295 g/mol. The number of ether oxygens (including phenoxy) is 2. The molecule has 1 fully saturated rings. The molecule has 0 unspecified atom stereocenters. The number of hydrogen-bond acceptors (Lipinski definition) is 6. The topological polar surface area (TPSA) is 82.1 Å². The van der Waals surface area contributed by atoms with Crippen LogP contribution in [0.2, 0.25) is 0 Å². The van der Waals surface area contributed by atoms with E-state index in [1.165, 1.54) is 7.11 Å². The van der Waals surface area contributed by atoms with Crippen LogP contribution in [-0.4, -0.2) is 49.8 Å². The number of carbonyl (C=O) groups excluding carboxylic acids is 1. The van der Waals surface area contributed by atoms with Crippen molar-refractivity contribution >= 4 is 16.4 Å². The predicted octanol–water partition coefficient (Wildman–Crippen LogP) is 1.29. The van der Waals surface area contributed by atoms with Gasteiger partial charge in [-0.25, -0.2) is 8.98 Å². The minimum Gasteiger partial charge on any atom is -0.443 e. The number of nitrogens with zero attached hydrogens (tertiary/aromatic N) is 1. The summed E-state index contributed by atoms with van der Waals surface area (Å²) in [4.78, 5) is 12.0. The van der Waals surface area contributed by atoms with Crippen molar-refractivity contribution in [2.45, 2.75) is 51.9 Å². The molecule has 1 rings (SSSR count). The third kappa shape index (κ3) is 3.58. The molecule has 19 heavy (non-hydrogen) atoms. The summed E-state index contributed by atoms with van der Waals surface area (Å²) < 4.78 is 39.5. The van der Waals surface area contributed by atoms with Gasteiger partial charge in [0, 0.05) is 7.11 Å². The van der Waals surface area contributed by atoms with E-state index in [0.29, 0.717) is 4.31 Å². The molecule has 0 N–H and O–H groups in total. The molecule has 0 aromatic rings. The van der Waals surface area contributed by atoms with Crippen molar-refractivity contribution in [1.82, 2.24) is 4.31 Å². The molecule has 1 aliphatic heterocycles. The van der Waals surface area contributed by atoms with Gasteiger partial charge in [-0.3, -0.25) is 0 Å². The SMILES string of the molecule is COC[C@@H]1N(C(=O)OC(C)(C)C)S(=O)(=O)OC1(C)C. The Hall–Kier alpha value is -0.860. The summed E-state index contributed by atoms with van der Waals surface area (Å²) in [5.74, 6) is 0. The molecule has 1 amide bonds. The van der Waals surface area contributed by atoms with E-state index in [4.69, 9.17) is 13.7 Å². The third-order valence-electron chi connectivity index (χ3n) is 2.54. The van der Waals surface area contributed by atoms with Crippen LogP contribution in [-0.2, 0) is 24.0 Å². The largest absolute Gasteiger partial charge is 0.443 e. The van der Waals surface area contributed by atoms with Gasteiger partial charge in [0.05, 0.1) is 6.61 Å². The van der Waals surface area contributed by atoms with Crippen molar-refractivity contribution in [3.05, 3.63) is 0 Å². The Morgan fingerprint density at radius 2 is 1.89 bits per heavy atom. The summed E-state index contributed by atoms with van der Waals surface area (Å²) in [6, 6.07) is -0.766. The second kappa shape index (κ2) is 4.92. The van der Waals surface area contributed by atoms with Gasteiger partial charge in [-0.15, -0.1) is 0 Å². The predicted molar refractivity (Wildman–Crippen MR) is 67.8 cm³/mol. The Labute approximate surface area is 114 Å². The van der Waals surface area contributed by atoms with Gasteiger partial charge in [-0.1, -0.05) is 0 Å². The number of amides is 1. The van der Waals surface area contributed by atoms with Gasteiger partial charge in [0.25, 0.3) is 0 Å². The molecule has 0 spiro atoms. The van der Waals surface area contributed by atoms with Crippen molar-refractivity contribution < 1.29 is 26.9 Å². The fourth-order valence-electron chi connectivity index (χ4n) is 1.76. The van der Waals surface area contributed by atoms with Gasteiger partial charge in [0.15, 0.2) is 0 Å². The third-order valence-corrected chi connectivity index (χ3v) is 4.07. The number of hydrogen-bond donors (Lipinski definition) is 0. The van der Waals surface area contributed by atoms with Crippen LogP contribution in [0.1, 0.15) is 34.6 Å². The average Bonchev–Trinajstić information content (AvgIpc) is 2.28. The van der Waals surface area contributed by atoms with Crippen LogP contribution in [0.4, 0.5) is 4.79 Å². The molecule has 1 heterocycles. The van der Waals surface area contributed by atoms with E-state index in [0.717, 1.165) is 0 Å². The molecule has 112 valence electrons. The summed E-state index contributed by atoms with van der Waals surface area (Å²) in [6.45, 7) is 8.17. The second-order valence-corrected chi connectivity index (χ2v) is 7.31. The van der Waals surface area contributed by atoms with Gasteiger partial charge in [0.2, 0.25) is 0 Å². The quantitative estimate of drug-likeness (QED) is 0.763. The first-order chi connectivity index (χ1) is 8.41. The lowest BCUT2D eigenvalue weighted by molar-refractivity contribution is 0.0113. The summed E-state index contributed by atoms with van der Waals surface area (Å²) >= 11 is 0. The molecule has 1 aliphatic rings. The van der Waals surface area contributed by atoms with Gasteiger partial charge < -0.3 is 9.47 Å². The molecule has 0 aromatic heterocycles. The van der Waals surface area contributed by atoms with Crippen LogP contribution in [0.3, 0.4) is 0 Å². The van der Waals surface area contributed by atoms with Crippen LogP contribution < -0.4 is 0 Å². The van der Waals surface area contributed by atoms with E-state index in [9.17, 15) is 13.2 Å². The highest BCUT2D eigenvalue weighted by Crippen LogP contribution is 2.35. The smallest absolute Gasteiger partial charge is 0.426 e. The van der Waals surface area contributed by atoms with E-state index < -0.39 is 33.6 Å². The lowest BCUT2D eigenvalue weighted by atomic mass is 10.00. The van der Waals surface area contributed by atoms with E-state index in [1.807, 2.05) is 0 Å². The van der Waals surface area contributed by atoms with Gasteiger partial charge in [0.1, 0.15) is 17.2 Å². The fraction of sp³-hybridized carbons (Fsp3) is 0.909. The first-order valence-electron chi connectivity index (χ1n) is 5.87. The first-order valence-corrected chi connectivity index (χ1v) is 7.24. The Bertz CT molecular complexity index is 450. The summed E-state index contributed by atoms with van der Waals surface area (Å²) in [5.41, 5.74) is -1.86. The molecular weight excluding hydrogens is 274 g/mol. The molecular formula is C11H21NO6S. The second-order valence-electron chi connectivity index (χ2n) is 5.89. The maximum Gasteiger partial charge on any atom is 0.426 e. The molecule has 0 radical (unpaired) electrons. The minimum atomic E-state index is -4.16. The highest BCUT2D eigenvalue weighted by Gasteiger charge is 2.55.